The molecular weight excluding hydrogens is 378 g/mol. The van der Waals surface area contributed by atoms with Crippen LogP contribution in [0.1, 0.15) is 32.0 Å². The molecule has 3 heterocycles. The predicted octanol–water partition coefficient (Wildman–Crippen LogP) is 2.32. The maximum Gasteiger partial charge on any atom is 0.245 e. The van der Waals surface area contributed by atoms with Crippen molar-refractivity contribution in [3.05, 3.63) is 35.5 Å². The minimum Gasteiger partial charge on any atom is -0.435 e. The summed E-state index contributed by atoms with van der Waals surface area (Å²) < 4.78 is 32.1. The molecule has 4 rings (SSSR count). The molecule has 8 nitrogen and oxygen atoms in total. The first-order valence-electron chi connectivity index (χ1n) is 8.93. The molecule has 0 radical (unpaired) electrons. The molecule has 1 aliphatic rings. The maximum absolute atomic E-state index is 12.8. The quantitative estimate of drug-likeness (QED) is 0.704. The highest BCUT2D eigenvalue weighted by Gasteiger charge is 2.48. The van der Waals surface area contributed by atoms with E-state index in [0.717, 1.165) is 11.4 Å². The molecule has 9 heteroatoms. The third-order valence-corrected chi connectivity index (χ3v) is 8.17. The Balaban J connectivity index is 1.82. The molecule has 0 amide bonds. The topological polar surface area (TPSA) is 116 Å². The first-order valence-corrected chi connectivity index (χ1v) is 10.6. The van der Waals surface area contributed by atoms with Crippen LogP contribution >= 0.6 is 0 Å². The molecule has 0 saturated carbocycles. The Labute approximate surface area is 163 Å². The molecule has 2 N–H and O–H groups in total. The lowest BCUT2D eigenvalue weighted by atomic mass is 9.93. The van der Waals surface area contributed by atoms with E-state index in [0.29, 0.717) is 22.6 Å². The Morgan fingerprint density at radius 1 is 1.21 bits per heavy atom. The highest BCUT2D eigenvalue weighted by atomic mass is 32.2. The van der Waals surface area contributed by atoms with Gasteiger partial charge in [-0.3, -0.25) is 9.67 Å². The van der Waals surface area contributed by atoms with Crippen LogP contribution in [0.25, 0.3) is 22.7 Å². The number of hydrogen-bond acceptors (Lipinski definition) is 7. The van der Waals surface area contributed by atoms with Crippen molar-refractivity contribution in [2.45, 2.75) is 38.0 Å². The van der Waals surface area contributed by atoms with Crippen molar-refractivity contribution in [3.63, 3.8) is 0 Å². The monoisotopic (exact) mass is 401 g/mol. The van der Waals surface area contributed by atoms with Crippen LogP contribution in [0.2, 0.25) is 0 Å². The average molecular weight is 401 g/mol. The summed E-state index contributed by atoms with van der Waals surface area (Å²) in [6.07, 6.45) is 0. The zero-order valence-electron chi connectivity index (χ0n) is 16.5. The second-order valence-electron chi connectivity index (χ2n) is 8.04. The summed E-state index contributed by atoms with van der Waals surface area (Å²) in [4.78, 5) is 9.09. The fraction of sp³-hybridized carbons (Fsp3) is 0.421. The predicted molar refractivity (Wildman–Crippen MR) is 108 cm³/mol. The maximum atomic E-state index is 12.8. The van der Waals surface area contributed by atoms with Gasteiger partial charge in [-0.15, -0.1) is 0 Å². The van der Waals surface area contributed by atoms with E-state index in [9.17, 15) is 8.42 Å². The number of aryl methyl sites for hydroxylation is 2. The normalized spacial score (nSPS) is 23.7. The smallest absolute Gasteiger partial charge is 0.245 e. The largest absolute Gasteiger partial charge is 0.435 e. The lowest BCUT2D eigenvalue weighted by Crippen LogP contribution is -2.54. The Bertz CT molecular complexity index is 1240. The second kappa shape index (κ2) is 5.66. The molecule has 0 aliphatic carbocycles. The number of nitrogens with zero attached hydrogens (tertiary/aromatic N) is 4. The Hall–Kier alpha value is -2.68. The van der Waals surface area contributed by atoms with Gasteiger partial charge in [-0.05, 0) is 51.5 Å². The van der Waals surface area contributed by atoms with Gasteiger partial charge in [0.15, 0.2) is 15.4 Å². The van der Waals surface area contributed by atoms with Crippen molar-refractivity contribution in [1.82, 2.24) is 14.8 Å². The van der Waals surface area contributed by atoms with Gasteiger partial charge in [0, 0.05) is 7.05 Å². The third kappa shape index (κ3) is 2.64. The molecular formula is C19H23N5O3S. The summed E-state index contributed by atoms with van der Waals surface area (Å²) in [5, 5.41) is 4.32. The van der Waals surface area contributed by atoms with Gasteiger partial charge in [0.25, 0.3) is 0 Å². The number of oxazole rings is 1. The zero-order valence-corrected chi connectivity index (χ0v) is 17.3. The molecule has 0 spiro atoms. The number of rotatable bonds is 2. The van der Waals surface area contributed by atoms with Gasteiger partial charge in [0.05, 0.1) is 17.0 Å². The van der Waals surface area contributed by atoms with E-state index in [4.69, 9.17) is 10.2 Å². The van der Waals surface area contributed by atoms with E-state index < -0.39 is 20.1 Å². The van der Waals surface area contributed by atoms with E-state index in [1.54, 1.807) is 31.5 Å². The number of fused-ring (bicyclic) bond motifs is 1. The molecule has 2 aromatic heterocycles. The van der Waals surface area contributed by atoms with Crippen molar-refractivity contribution in [3.8, 4) is 11.6 Å². The molecule has 0 bridgehead atoms. The molecule has 1 aliphatic heterocycles. The summed E-state index contributed by atoms with van der Waals surface area (Å²) in [6, 6.07) is 7.32. The van der Waals surface area contributed by atoms with E-state index in [2.05, 4.69) is 15.1 Å². The number of aromatic nitrogens is 3. The lowest BCUT2D eigenvalue weighted by Gasteiger charge is -2.37. The minimum absolute atomic E-state index is 0.116. The number of hydrogen-bond donors (Lipinski definition) is 1. The van der Waals surface area contributed by atoms with Crippen LogP contribution in [-0.2, 0) is 22.4 Å². The Morgan fingerprint density at radius 2 is 1.93 bits per heavy atom. The van der Waals surface area contributed by atoms with Crippen LogP contribution in [0.5, 0.6) is 0 Å². The van der Waals surface area contributed by atoms with Crippen LogP contribution < -0.4 is 5.73 Å². The average Bonchev–Trinajstić information content (AvgIpc) is 3.14. The standard InChI is InChI=1S/C19H23N5O3S/c1-11-8-14(24(5)23-11)16-21-13-7-6-12(9-15(13)27-16)19(4)10-28(25,26)18(2,3)17(20)22-19/h6-9H,10H2,1-5H3,(H2,20,22)/t19-/m0/s1. The van der Waals surface area contributed by atoms with Crippen LogP contribution in [0.4, 0.5) is 0 Å². The SMILES string of the molecule is Cc1cc(-c2nc3ccc([C@]4(C)CS(=O)(=O)C(C)(C)C(N)=N4)cc3o2)n(C)n1. The Kier molecular flexibility index (Phi) is 3.78. The van der Waals surface area contributed by atoms with Crippen LogP contribution in [0, 0.1) is 6.92 Å². The van der Waals surface area contributed by atoms with Crippen molar-refractivity contribution in [2.75, 3.05) is 5.75 Å². The number of benzene rings is 1. The molecule has 1 atom stereocenters. The van der Waals surface area contributed by atoms with Crippen LogP contribution in [0.15, 0.2) is 33.7 Å². The second-order valence-corrected chi connectivity index (χ2v) is 10.6. The number of sulfone groups is 1. The van der Waals surface area contributed by atoms with Crippen molar-refractivity contribution < 1.29 is 12.8 Å². The van der Waals surface area contributed by atoms with Gasteiger partial charge >= 0.3 is 0 Å². The van der Waals surface area contributed by atoms with Gasteiger partial charge in [-0.2, -0.15) is 5.10 Å². The first-order chi connectivity index (χ1) is 12.9. The van der Waals surface area contributed by atoms with Crippen LogP contribution in [0.3, 0.4) is 0 Å². The van der Waals surface area contributed by atoms with Gasteiger partial charge in [-0.1, -0.05) is 6.07 Å². The molecule has 1 aromatic carbocycles. The summed E-state index contributed by atoms with van der Waals surface area (Å²) in [6.45, 7) is 6.85. The first kappa shape index (κ1) is 18.7. The molecule has 0 fully saturated rings. The zero-order chi connectivity index (χ0) is 20.5. The van der Waals surface area contributed by atoms with Gasteiger partial charge < -0.3 is 10.2 Å². The van der Waals surface area contributed by atoms with E-state index in [1.807, 2.05) is 32.2 Å². The fourth-order valence-electron chi connectivity index (χ4n) is 3.47. The van der Waals surface area contributed by atoms with Crippen molar-refractivity contribution in [2.24, 2.45) is 17.8 Å². The highest BCUT2D eigenvalue weighted by molar-refractivity contribution is 7.93. The van der Waals surface area contributed by atoms with Crippen molar-refractivity contribution in [1.29, 1.82) is 0 Å². The van der Waals surface area contributed by atoms with E-state index >= 15 is 0 Å². The lowest BCUT2D eigenvalue weighted by molar-refractivity contribution is 0.500. The Morgan fingerprint density at radius 3 is 2.54 bits per heavy atom. The van der Waals surface area contributed by atoms with Gasteiger partial charge in [0.1, 0.15) is 21.8 Å². The van der Waals surface area contributed by atoms with E-state index in [1.165, 1.54) is 0 Å². The van der Waals surface area contributed by atoms with Crippen LogP contribution in [-0.4, -0.2) is 39.5 Å². The number of amidine groups is 1. The minimum atomic E-state index is -3.47. The third-order valence-electron chi connectivity index (χ3n) is 5.46. The van der Waals surface area contributed by atoms with Gasteiger partial charge in [0.2, 0.25) is 5.89 Å². The fourth-order valence-corrected chi connectivity index (χ4v) is 5.17. The van der Waals surface area contributed by atoms with Gasteiger partial charge in [-0.25, -0.2) is 13.4 Å². The summed E-state index contributed by atoms with van der Waals surface area (Å²) in [7, 11) is -1.64. The molecule has 0 unspecified atom stereocenters. The number of aliphatic imine (C=N–C) groups is 1. The van der Waals surface area contributed by atoms with Crippen molar-refractivity contribution >= 4 is 26.8 Å². The molecule has 148 valence electrons. The highest BCUT2D eigenvalue weighted by Crippen LogP contribution is 2.38. The molecule has 0 saturated heterocycles. The van der Waals surface area contributed by atoms with E-state index in [-0.39, 0.29) is 11.6 Å². The summed E-state index contributed by atoms with van der Waals surface area (Å²) in [5.41, 5.74) is 8.64. The number of nitrogens with two attached hydrogens (primary N) is 1. The summed E-state index contributed by atoms with van der Waals surface area (Å²) in [5.74, 6) is 0.451. The molecule has 28 heavy (non-hydrogen) atoms. The summed E-state index contributed by atoms with van der Waals surface area (Å²) >= 11 is 0. The molecule has 3 aromatic rings.